The molecule has 2 rings (SSSR count). The lowest BCUT2D eigenvalue weighted by atomic mass is 10.2. The van der Waals surface area contributed by atoms with E-state index < -0.39 is 0 Å². The van der Waals surface area contributed by atoms with Crippen molar-refractivity contribution < 1.29 is 0 Å². The van der Waals surface area contributed by atoms with Crippen LogP contribution in [-0.2, 0) is 6.54 Å². The van der Waals surface area contributed by atoms with E-state index in [1.807, 2.05) is 12.4 Å². The highest BCUT2D eigenvalue weighted by atomic mass is 79.9. The molecular weight excluding hydrogens is 276 g/mol. The minimum atomic E-state index is 0.796. The van der Waals surface area contributed by atoms with E-state index in [-0.39, 0.29) is 0 Å². The monoisotopic (exact) mass is 290 g/mol. The Kier molecular flexibility index (Phi) is 3.79. The van der Waals surface area contributed by atoms with E-state index in [1.54, 1.807) is 0 Å². The fourth-order valence-corrected chi connectivity index (χ4v) is 2.00. The summed E-state index contributed by atoms with van der Waals surface area (Å²) in [4.78, 5) is 4.18. The number of aryl methyl sites for hydroxylation is 2. The number of aromatic nitrogens is 1. The number of pyridine rings is 1. The van der Waals surface area contributed by atoms with E-state index >= 15 is 0 Å². The van der Waals surface area contributed by atoms with E-state index in [1.165, 1.54) is 16.7 Å². The van der Waals surface area contributed by atoms with Gasteiger partial charge in [-0.05, 0) is 42.7 Å². The second-order valence-electron chi connectivity index (χ2n) is 4.19. The lowest BCUT2D eigenvalue weighted by Crippen LogP contribution is -2.00. The smallest absolute Gasteiger partial charge is 0.0416 e. The van der Waals surface area contributed by atoms with Crippen LogP contribution in [0.15, 0.2) is 41.1 Å². The third kappa shape index (κ3) is 3.30. The van der Waals surface area contributed by atoms with Crippen LogP contribution in [-0.4, -0.2) is 4.98 Å². The molecule has 0 saturated heterocycles. The summed E-state index contributed by atoms with van der Waals surface area (Å²) in [5.41, 5.74) is 4.74. The molecule has 0 atom stereocenters. The zero-order valence-electron chi connectivity index (χ0n) is 10.00. The molecule has 88 valence electrons. The van der Waals surface area contributed by atoms with Gasteiger partial charge in [-0.25, -0.2) is 0 Å². The molecule has 0 amide bonds. The average Bonchev–Trinajstić information content (AvgIpc) is 2.31. The van der Waals surface area contributed by atoms with Gasteiger partial charge in [0.25, 0.3) is 0 Å². The van der Waals surface area contributed by atoms with Crippen molar-refractivity contribution >= 4 is 21.6 Å². The molecule has 0 aliphatic heterocycles. The summed E-state index contributed by atoms with van der Waals surface area (Å²) >= 11 is 3.53. The molecule has 0 fully saturated rings. The maximum absolute atomic E-state index is 4.18. The van der Waals surface area contributed by atoms with E-state index in [0.717, 1.165) is 16.7 Å². The van der Waals surface area contributed by atoms with Gasteiger partial charge < -0.3 is 5.32 Å². The minimum Gasteiger partial charge on any atom is -0.381 e. The summed E-state index contributed by atoms with van der Waals surface area (Å²) in [7, 11) is 0. The molecule has 0 aliphatic rings. The van der Waals surface area contributed by atoms with Crippen LogP contribution in [0, 0.1) is 13.8 Å². The van der Waals surface area contributed by atoms with Crippen LogP contribution < -0.4 is 5.32 Å². The number of anilines is 1. The zero-order chi connectivity index (χ0) is 12.3. The Morgan fingerprint density at radius 3 is 2.71 bits per heavy atom. The largest absolute Gasteiger partial charge is 0.381 e. The van der Waals surface area contributed by atoms with Gasteiger partial charge in [0.05, 0.1) is 0 Å². The van der Waals surface area contributed by atoms with Gasteiger partial charge in [0, 0.05) is 29.1 Å². The minimum absolute atomic E-state index is 0.796. The van der Waals surface area contributed by atoms with E-state index in [9.17, 15) is 0 Å². The van der Waals surface area contributed by atoms with Gasteiger partial charge in [-0.3, -0.25) is 4.98 Å². The molecule has 1 heterocycles. The molecule has 3 heteroatoms. The van der Waals surface area contributed by atoms with Gasteiger partial charge in [-0.15, -0.1) is 0 Å². The van der Waals surface area contributed by atoms with Crippen LogP contribution in [0.1, 0.15) is 16.7 Å². The van der Waals surface area contributed by atoms with Crippen molar-refractivity contribution in [2.24, 2.45) is 0 Å². The number of nitrogens with zero attached hydrogens (tertiary/aromatic N) is 1. The summed E-state index contributed by atoms with van der Waals surface area (Å²) in [5.74, 6) is 0. The van der Waals surface area contributed by atoms with Crippen LogP contribution in [0.25, 0.3) is 0 Å². The molecule has 0 unspecified atom stereocenters. The van der Waals surface area contributed by atoms with Crippen LogP contribution in [0.4, 0.5) is 5.69 Å². The first-order valence-electron chi connectivity index (χ1n) is 5.56. The van der Waals surface area contributed by atoms with Crippen LogP contribution in [0.5, 0.6) is 0 Å². The van der Waals surface area contributed by atoms with Gasteiger partial charge in [0.1, 0.15) is 0 Å². The Labute approximate surface area is 110 Å². The molecule has 0 radical (unpaired) electrons. The molecule has 1 N–H and O–H groups in total. The van der Waals surface area contributed by atoms with E-state index in [2.05, 4.69) is 64.3 Å². The van der Waals surface area contributed by atoms with E-state index in [0.29, 0.717) is 0 Å². The third-order valence-corrected chi connectivity index (χ3v) is 3.45. The lowest BCUT2D eigenvalue weighted by molar-refractivity contribution is 1.10. The topological polar surface area (TPSA) is 24.9 Å². The Balaban J connectivity index is 2.05. The second-order valence-corrected chi connectivity index (χ2v) is 5.04. The normalized spacial score (nSPS) is 10.3. The fourth-order valence-electron chi connectivity index (χ4n) is 1.62. The fraction of sp³-hybridized carbons (Fsp3) is 0.214. The molecule has 0 bridgehead atoms. The van der Waals surface area contributed by atoms with E-state index in [4.69, 9.17) is 0 Å². The van der Waals surface area contributed by atoms with Crippen molar-refractivity contribution in [1.82, 2.24) is 4.98 Å². The molecule has 1 aromatic carbocycles. The third-order valence-electron chi connectivity index (χ3n) is 2.60. The first-order valence-corrected chi connectivity index (χ1v) is 6.35. The summed E-state index contributed by atoms with van der Waals surface area (Å²) < 4.78 is 1.13. The molecule has 0 spiro atoms. The van der Waals surface area contributed by atoms with Crippen LogP contribution in [0.3, 0.4) is 0 Å². The Hall–Kier alpha value is -1.35. The van der Waals surface area contributed by atoms with Crippen LogP contribution in [0.2, 0.25) is 0 Å². The van der Waals surface area contributed by atoms with Gasteiger partial charge in [-0.2, -0.15) is 0 Å². The van der Waals surface area contributed by atoms with Crippen molar-refractivity contribution in [2.75, 3.05) is 5.32 Å². The van der Waals surface area contributed by atoms with Gasteiger partial charge in [-0.1, -0.05) is 28.1 Å². The first kappa shape index (κ1) is 12.1. The molecule has 2 aromatic rings. The highest BCUT2D eigenvalue weighted by Gasteiger charge is 1.98. The maximum atomic E-state index is 4.18. The maximum Gasteiger partial charge on any atom is 0.0416 e. The second kappa shape index (κ2) is 5.32. The molecule has 2 nitrogen and oxygen atoms in total. The van der Waals surface area contributed by atoms with Gasteiger partial charge >= 0.3 is 0 Å². The van der Waals surface area contributed by atoms with Crippen molar-refractivity contribution in [2.45, 2.75) is 20.4 Å². The predicted molar refractivity (Wildman–Crippen MR) is 75.2 cm³/mol. The van der Waals surface area contributed by atoms with Crippen molar-refractivity contribution in [3.05, 3.63) is 57.8 Å². The number of hydrogen-bond donors (Lipinski definition) is 1. The summed E-state index contributed by atoms with van der Waals surface area (Å²) in [6.45, 7) is 4.93. The van der Waals surface area contributed by atoms with Crippen molar-refractivity contribution in [3.63, 3.8) is 0 Å². The number of hydrogen-bond acceptors (Lipinski definition) is 2. The number of halogens is 1. The summed E-state index contributed by atoms with van der Waals surface area (Å²) in [5, 5.41) is 3.39. The predicted octanol–water partition coefficient (Wildman–Crippen LogP) is 4.07. The average molecular weight is 291 g/mol. The van der Waals surface area contributed by atoms with Crippen molar-refractivity contribution in [1.29, 1.82) is 0 Å². The number of rotatable bonds is 3. The molecule has 17 heavy (non-hydrogen) atoms. The van der Waals surface area contributed by atoms with Gasteiger partial charge in [0.2, 0.25) is 0 Å². The summed E-state index contributed by atoms with van der Waals surface area (Å²) in [6.07, 6.45) is 3.76. The Bertz CT molecular complexity index is 523. The molecule has 1 aromatic heterocycles. The quantitative estimate of drug-likeness (QED) is 0.922. The standard InChI is InChI=1S/C14H15BrN2/c1-10-5-12(8-16-7-10)9-17-13-4-3-11(2)14(15)6-13/h3-8,17H,9H2,1-2H3. The van der Waals surface area contributed by atoms with Crippen LogP contribution >= 0.6 is 15.9 Å². The summed E-state index contributed by atoms with van der Waals surface area (Å²) in [6, 6.07) is 8.42. The highest BCUT2D eigenvalue weighted by Crippen LogP contribution is 2.21. The molecule has 0 aliphatic carbocycles. The first-order chi connectivity index (χ1) is 8.15. The Morgan fingerprint density at radius 2 is 2.00 bits per heavy atom. The number of nitrogens with one attached hydrogen (secondary N) is 1. The highest BCUT2D eigenvalue weighted by molar-refractivity contribution is 9.10. The SMILES string of the molecule is Cc1cncc(CNc2ccc(C)c(Br)c2)c1. The number of benzene rings is 1. The molecular formula is C14H15BrN2. The van der Waals surface area contributed by atoms with Gasteiger partial charge in [0.15, 0.2) is 0 Å². The molecule has 0 saturated carbocycles. The zero-order valence-corrected chi connectivity index (χ0v) is 11.6. The van der Waals surface area contributed by atoms with Crippen molar-refractivity contribution in [3.8, 4) is 0 Å². The Morgan fingerprint density at radius 1 is 1.18 bits per heavy atom. The lowest BCUT2D eigenvalue weighted by Gasteiger charge is -2.08.